The van der Waals surface area contributed by atoms with E-state index in [9.17, 15) is 4.79 Å². The number of urea groups is 1. The number of amides is 2. The predicted octanol–water partition coefficient (Wildman–Crippen LogP) is 3.20. The van der Waals surface area contributed by atoms with Crippen molar-refractivity contribution in [3.63, 3.8) is 0 Å². The first-order valence-corrected chi connectivity index (χ1v) is 10.3. The molecule has 7 heteroatoms. The van der Waals surface area contributed by atoms with Crippen molar-refractivity contribution in [2.75, 3.05) is 38.2 Å². The Bertz CT molecular complexity index is 760. The van der Waals surface area contributed by atoms with Gasteiger partial charge in [0.05, 0.1) is 11.5 Å². The van der Waals surface area contributed by atoms with Crippen LogP contribution in [0.25, 0.3) is 0 Å². The highest BCUT2D eigenvalue weighted by atomic mass is 32.1. The summed E-state index contributed by atoms with van der Waals surface area (Å²) in [5, 5.41) is 6.58. The number of hydrogen-bond acceptors (Lipinski definition) is 5. The average molecular weight is 388 g/mol. The van der Waals surface area contributed by atoms with Crippen molar-refractivity contribution in [2.45, 2.75) is 25.0 Å². The normalized spacial score (nSPS) is 19.6. The van der Waals surface area contributed by atoms with Crippen LogP contribution in [0.15, 0.2) is 41.8 Å². The lowest BCUT2D eigenvalue weighted by atomic mass is 10.1. The fourth-order valence-electron chi connectivity index (χ4n) is 3.52. The number of fused-ring (bicyclic) bond motifs is 1. The van der Waals surface area contributed by atoms with Gasteiger partial charge in [-0.05, 0) is 42.5 Å². The highest BCUT2D eigenvalue weighted by Crippen LogP contribution is 2.31. The molecule has 144 valence electrons. The van der Waals surface area contributed by atoms with E-state index in [2.05, 4.69) is 27.7 Å². The fourth-order valence-corrected chi connectivity index (χ4v) is 4.31. The van der Waals surface area contributed by atoms with Crippen LogP contribution < -0.4 is 19.7 Å². The van der Waals surface area contributed by atoms with Gasteiger partial charge in [-0.3, -0.25) is 0 Å². The van der Waals surface area contributed by atoms with E-state index in [1.165, 1.54) is 5.00 Å². The van der Waals surface area contributed by atoms with Crippen LogP contribution in [-0.4, -0.2) is 56.4 Å². The highest BCUT2D eigenvalue weighted by molar-refractivity contribution is 7.14. The Morgan fingerprint density at radius 3 is 2.74 bits per heavy atom. The number of ether oxygens (including phenoxy) is 2. The summed E-state index contributed by atoms with van der Waals surface area (Å²) in [5.74, 6) is 1.50. The molecule has 0 aliphatic carbocycles. The van der Waals surface area contributed by atoms with E-state index in [0.29, 0.717) is 13.2 Å². The molecule has 0 radical (unpaired) electrons. The van der Waals surface area contributed by atoms with Gasteiger partial charge in [-0.1, -0.05) is 12.1 Å². The van der Waals surface area contributed by atoms with E-state index in [1.54, 1.807) is 23.3 Å². The van der Waals surface area contributed by atoms with Crippen molar-refractivity contribution in [3.05, 3.63) is 41.8 Å². The maximum absolute atomic E-state index is 12.5. The maximum Gasteiger partial charge on any atom is 0.317 e. The first kappa shape index (κ1) is 18.0. The van der Waals surface area contributed by atoms with Crippen molar-refractivity contribution in [2.24, 2.45) is 0 Å². The van der Waals surface area contributed by atoms with Crippen LogP contribution in [0.5, 0.6) is 11.5 Å². The molecule has 2 aliphatic heterocycles. The molecule has 0 saturated carbocycles. The average Bonchev–Trinajstić information content (AvgIpc) is 3.23. The molecular weight excluding hydrogens is 362 g/mol. The summed E-state index contributed by atoms with van der Waals surface area (Å²) in [5.41, 5.74) is 0. The van der Waals surface area contributed by atoms with Gasteiger partial charge in [0.25, 0.3) is 0 Å². The number of carbonyl (C=O) groups is 1. The van der Waals surface area contributed by atoms with Crippen LogP contribution >= 0.6 is 11.3 Å². The van der Waals surface area contributed by atoms with E-state index in [-0.39, 0.29) is 18.2 Å². The molecule has 1 fully saturated rings. The van der Waals surface area contributed by atoms with Crippen LogP contribution in [0.3, 0.4) is 0 Å². The molecule has 3 heterocycles. The first-order valence-electron chi connectivity index (χ1n) is 9.37. The minimum absolute atomic E-state index is 0.0490. The third-order valence-corrected chi connectivity index (χ3v) is 5.96. The van der Waals surface area contributed by atoms with Crippen LogP contribution in [0, 0.1) is 0 Å². The third kappa shape index (κ3) is 4.30. The number of likely N-dealkylation sites (N-methyl/N-ethyl adjacent to an activating group) is 1. The molecule has 1 saturated heterocycles. The van der Waals surface area contributed by atoms with Gasteiger partial charge in [0.2, 0.25) is 0 Å². The fraction of sp³-hybridized carbons (Fsp3) is 0.450. The second-order valence-electron chi connectivity index (χ2n) is 7.04. The first-order chi connectivity index (χ1) is 13.2. The SMILES string of the molecule is CN(CC1COc2ccccc2O1)C(=O)NC1CCN(c2cccs2)CC1. The van der Waals surface area contributed by atoms with Gasteiger partial charge in [-0.2, -0.15) is 0 Å². The molecule has 1 N–H and O–H groups in total. The standard InChI is InChI=1S/C20H25N3O3S/c1-22(13-16-14-25-17-5-2-3-6-18(17)26-16)20(24)21-15-8-10-23(11-9-15)19-7-4-12-27-19/h2-7,12,15-16H,8-11,13-14H2,1H3,(H,21,24). The van der Waals surface area contributed by atoms with Crippen molar-refractivity contribution < 1.29 is 14.3 Å². The monoisotopic (exact) mass is 387 g/mol. The minimum atomic E-state index is -0.156. The second kappa shape index (κ2) is 8.08. The summed E-state index contributed by atoms with van der Waals surface area (Å²) in [7, 11) is 1.81. The van der Waals surface area contributed by atoms with Crippen molar-refractivity contribution in [1.29, 1.82) is 0 Å². The summed E-state index contributed by atoms with van der Waals surface area (Å²) in [6.45, 7) is 2.90. The number of carbonyl (C=O) groups excluding carboxylic acids is 1. The summed E-state index contributed by atoms with van der Waals surface area (Å²) in [4.78, 5) is 16.6. The zero-order chi connectivity index (χ0) is 18.6. The maximum atomic E-state index is 12.5. The number of thiophene rings is 1. The minimum Gasteiger partial charge on any atom is -0.486 e. The molecule has 0 bridgehead atoms. The molecule has 1 atom stereocenters. The lowest BCUT2D eigenvalue weighted by molar-refractivity contribution is 0.0711. The number of nitrogens with one attached hydrogen (secondary N) is 1. The molecule has 2 aromatic rings. The van der Waals surface area contributed by atoms with E-state index in [4.69, 9.17) is 9.47 Å². The van der Waals surface area contributed by atoms with Gasteiger partial charge in [0, 0.05) is 26.2 Å². The number of benzene rings is 1. The zero-order valence-electron chi connectivity index (χ0n) is 15.5. The van der Waals surface area contributed by atoms with E-state index >= 15 is 0 Å². The zero-order valence-corrected chi connectivity index (χ0v) is 16.3. The quantitative estimate of drug-likeness (QED) is 0.875. The molecule has 6 nitrogen and oxygen atoms in total. The molecule has 4 rings (SSSR count). The van der Waals surface area contributed by atoms with Crippen LogP contribution in [0.4, 0.5) is 9.80 Å². The number of rotatable bonds is 4. The predicted molar refractivity (Wildman–Crippen MR) is 107 cm³/mol. The largest absolute Gasteiger partial charge is 0.486 e. The van der Waals surface area contributed by atoms with E-state index in [1.807, 2.05) is 24.3 Å². The number of hydrogen-bond donors (Lipinski definition) is 1. The molecule has 2 amide bonds. The van der Waals surface area contributed by atoms with Gasteiger partial charge in [-0.25, -0.2) is 4.79 Å². The van der Waals surface area contributed by atoms with E-state index in [0.717, 1.165) is 37.4 Å². The number of nitrogens with zero attached hydrogens (tertiary/aromatic N) is 2. The number of anilines is 1. The van der Waals surface area contributed by atoms with Crippen LogP contribution in [0.1, 0.15) is 12.8 Å². The smallest absolute Gasteiger partial charge is 0.317 e. The Balaban J connectivity index is 1.23. The van der Waals surface area contributed by atoms with Gasteiger partial charge >= 0.3 is 6.03 Å². The van der Waals surface area contributed by atoms with Crippen molar-refractivity contribution in [3.8, 4) is 11.5 Å². The topological polar surface area (TPSA) is 54.0 Å². The summed E-state index contributed by atoms with van der Waals surface area (Å²) < 4.78 is 11.7. The Morgan fingerprint density at radius 2 is 2.00 bits per heavy atom. The molecule has 1 unspecified atom stereocenters. The van der Waals surface area contributed by atoms with Gasteiger partial charge in [0.1, 0.15) is 6.61 Å². The van der Waals surface area contributed by atoms with Crippen LogP contribution in [0.2, 0.25) is 0 Å². The molecular formula is C20H25N3O3S. The molecule has 2 aliphatic rings. The molecule has 0 spiro atoms. The number of piperidine rings is 1. The van der Waals surface area contributed by atoms with Gasteiger partial charge < -0.3 is 24.6 Å². The van der Waals surface area contributed by atoms with Crippen molar-refractivity contribution in [1.82, 2.24) is 10.2 Å². The van der Waals surface area contributed by atoms with Gasteiger partial charge in [-0.15, -0.1) is 11.3 Å². The molecule has 1 aromatic heterocycles. The lowest BCUT2D eigenvalue weighted by Gasteiger charge is -2.34. The Labute approximate surface area is 163 Å². The second-order valence-corrected chi connectivity index (χ2v) is 7.97. The Hall–Kier alpha value is -2.41. The Morgan fingerprint density at radius 1 is 1.22 bits per heavy atom. The van der Waals surface area contributed by atoms with E-state index < -0.39 is 0 Å². The number of para-hydroxylation sites is 2. The van der Waals surface area contributed by atoms with Crippen molar-refractivity contribution >= 4 is 22.4 Å². The molecule has 1 aromatic carbocycles. The summed E-state index contributed by atoms with van der Waals surface area (Å²) in [6, 6.07) is 12.0. The molecule has 27 heavy (non-hydrogen) atoms. The highest BCUT2D eigenvalue weighted by Gasteiger charge is 2.26. The summed E-state index contributed by atoms with van der Waals surface area (Å²) in [6.07, 6.45) is 1.78. The lowest BCUT2D eigenvalue weighted by Crippen LogP contribution is -2.50. The third-order valence-electron chi connectivity index (χ3n) is 5.03. The van der Waals surface area contributed by atoms with Crippen LogP contribution in [-0.2, 0) is 0 Å². The summed E-state index contributed by atoms with van der Waals surface area (Å²) >= 11 is 1.77. The Kier molecular flexibility index (Phi) is 5.38. The van der Waals surface area contributed by atoms with Gasteiger partial charge in [0.15, 0.2) is 17.6 Å².